The summed E-state index contributed by atoms with van der Waals surface area (Å²) in [5.74, 6) is -0.279. The van der Waals surface area contributed by atoms with Crippen molar-refractivity contribution in [2.24, 2.45) is 5.92 Å². The molecule has 1 N–H and O–H groups in total. The summed E-state index contributed by atoms with van der Waals surface area (Å²) in [6.07, 6.45) is 2.27. The second kappa shape index (κ2) is 5.17. The van der Waals surface area contributed by atoms with E-state index in [0.717, 1.165) is 19.5 Å². The van der Waals surface area contributed by atoms with Gasteiger partial charge in [-0.1, -0.05) is 6.07 Å². The number of benzene rings is 1. The number of hydrogen-bond donors (Lipinski definition) is 1. The molecule has 0 aliphatic carbocycles. The highest BCUT2D eigenvalue weighted by molar-refractivity contribution is 5.23. The Morgan fingerprint density at radius 1 is 1.21 bits per heavy atom. The molecule has 4 unspecified atom stereocenters. The second-order valence-electron chi connectivity index (χ2n) is 5.77. The van der Waals surface area contributed by atoms with Crippen LogP contribution in [0.4, 0.5) is 8.78 Å². The molecule has 2 aliphatic heterocycles. The summed E-state index contributed by atoms with van der Waals surface area (Å²) in [6, 6.07) is 4.17. The average molecular weight is 266 g/mol. The van der Waals surface area contributed by atoms with Crippen molar-refractivity contribution in [1.82, 2.24) is 10.2 Å². The summed E-state index contributed by atoms with van der Waals surface area (Å²) in [5.41, 5.74) is 0.169. The zero-order valence-electron chi connectivity index (χ0n) is 11.2. The zero-order chi connectivity index (χ0) is 13.4. The fourth-order valence-corrected chi connectivity index (χ4v) is 3.50. The minimum Gasteiger partial charge on any atom is -0.307 e. The van der Waals surface area contributed by atoms with Gasteiger partial charge in [-0.25, -0.2) is 8.78 Å². The molecule has 19 heavy (non-hydrogen) atoms. The number of nitrogens with zero attached hydrogens (tertiary/aromatic N) is 1. The minimum atomic E-state index is -0.455. The molecule has 0 spiro atoms. The van der Waals surface area contributed by atoms with Gasteiger partial charge in [0.1, 0.15) is 11.6 Å². The third-order valence-electron chi connectivity index (χ3n) is 4.53. The first-order valence-corrected chi connectivity index (χ1v) is 7.07. The normalized spacial score (nSPS) is 31.4. The van der Waals surface area contributed by atoms with Gasteiger partial charge < -0.3 is 10.2 Å². The third-order valence-corrected chi connectivity index (χ3v) is 4.53. The van der Waals surface area contributed by atoms with E-state index in [2.05, 4.69) is 10.2 Å². The Morgan fingerprint density at radius 2 is 1.89 bits per heavy atom. The molecule has 1 aromatic carbocycles. The lowest BCUT2D eigenvalue weighted by atomic mass is 9.92. The van der Waals surface area contributed by atoms with Crippen LogP contribution in [0.3, 0.4) is 0 Å². The van der Waals surface area contributed by atoms with Crippen LogP contribution >= 0.6 is 0 Å². The molecular weight excluding hydrogens is 246 g/mol. The van der Waals surface area contributed by atoms with Crippen molar-refractivity contribution in [3.63, 3.8) is 0 Å². The van der Waals surface area contributed by atoms with E-state index in [1.807, 2.05) is 6.92 Å². The molecule has 0 radical (unpaired) electrons. The van der Waals surface area contributed by atoms with Gasteiger partial charge in [-0.3, -0.25) is 0 Å². The maximum atomic E-state index is 13.8. The highest BCUT2D eigenvalue weighted by atomic mass is 19.1. The molecule has 0 saturated carbocycles. The summed E-state index contributed by atoms with van der Waals surface area (Å²) < 4.78 is 27.5. The standard InChI is InChI=1S/C15H20F2N2/c1-10(15-12(16)3-2-4-13(15)17)18-14-6-8-19-7-5-11(14)9-19/h2-4,10-11,14,18H,5-9H2,1H3. The highest BCUT2D eigenvalue weighted by Crippen LogP contribution is 2.29. The van der Waals surface area contributed by atoms with E-state index in [0.29, 0.717) is 12.0 Å². The van der Waals surface area contributed by atoms with E-state index in [9.17, 15) is 8.78 Å². The van der Waals surface area contributed by atoms with E-state index < -0.39 is 11.6 Å². The fourth-order valence-electron chi connectivity index (χ4n) is 3.50. The van der Waals surface area contributed by atoms with Gasteiger partial charge in [0.25, 0.3) is 0 Å². The van der Waals surface area contributed by atoms with Gasteiger partial charge in [0.2, 0.25) is 0 Å². The lowest BCUT2D eigenvalue weighted by molar-refractivity contribution is 0.210. The largest absolute Gasteiger partial charge is 0.307 e. The van der Waals surface area contributed by atoms with Gasteiger partial charge >= 0.3 is 0 Å². The first kappa shape index (κ1) is 13.0. The third kappa shape index (κ3) is 2.51. The molecule has 0 amide bonds. The van der Waals surface area contributed by atoms with Gasteiger partial charge in [-0.05, 0) is 50.9 Å². The van der Waals surface area contributed by atoms with Gasteiger partial charge in [0.15, 0.2) is 0 Å². The lowest BCUT2D eigenvalue weighted by Crippen LogP contribution is -2.44. The van der Waals surface area contributed by atoms with E-state index in [4.69, 9.17) is 0 Å². The number of nitrogens with one attached hydrogen (secondary N) is 1. The van der Waals surface area contributed by atoms with Gasteiger partial charge in [-0.2, -0.15) is 0 Å². The Morgan fingerprint density at radius 3 is 2.63 bits per heavy atom. The molecule has 2 aliphatic rings. The van der Waals surface area contributed by atoms with Crippen LogP contribution in [0.25, 0.3) is 0 Å². The van der Waals surface area contributed by atoms with Crippen LogP contribution in [0, 0.1) is 17.6 Å². The Kier molecular flexibility index (Phi) is 3.54. The molecule has 4 heteroatoms. The fraction of sp³-hybridized carbons (Fsp3) is 0.600. The lowest BCUT2D eigenvalue weighted by Gasteiger charge is -2.33. The van der Waals surface area contributed by atoms with E-state index in [1.165, 1.54) is 31.2 Å². The van der Waals surface area contributed by atoms with Gasteiger partial charge in [-0.15, -0.1) is 0 Å². The molecule has 2 heterocycles. The highest BCUT2D eigenvalue weighted by Gasteiger charge is 2.35. The van der Waals surface area contributed by atoms with Crippen molar-refractivity contribution < 1.29 is 8.78 Å². The molecule has 2 fully saturated rings. The predicted molar refractivity (Wildman–Crippen MR) is 70.9 cm³/mol. The van der Waals surface area contributed by atoms with E-state index in [-0.39, 0.29) is 11.6 Å². The minimum absolute atomic E-state index is 0.169. The Bertz CT molecular complexity index is 443. The summed E-state index contributed by atoms with van der Waals surface area (Å²) in [6.45, 7) is 5.25. The van der Waals surface area contributed by atoms with Gasteiger partial charge in [0.05, 0.1) is 0 Å². The van der Waals surface area contributed by atoms with Gasteiger partial charge in [0, 0.05) is 24.2 Å². The maximum absolute atomic E-state index is 13.8. The second-order valence-corrected chi connectivity index (χ2v) is 5.77. The molecule has 3 rings (SSSR count). The number of halogens is 2. The van der Waals surface area contributed by atoms with Crippen LogP contribution in [0.15, 0.2) is 18.2 Å². The Balaban J connectivity index is 1.72. The Hall–Kier alpha value is -1.00. The number of fused-ring (bicyclic) bond motifs is 2. The molecule has 0 aromatic heterocycles. The van der Waals surface area contributed by atoms with Crippen molar-refractivity contribution in [1.29, 1.82) is 0 Å². The molecule has 2 nitrogen and oxygen atoms in total. The number of hydrogen-bond acceptors (Lipinski definition) is 2. The summed E-state index contributed by atoms with van der Waals surface area (Å²) in [7, 11) is 0. The molecule has 2 saturated heterocycles. The number of rotatable bonds is 3. The molecular formula is C15H20F2N2. The van der Waals surface area contributed by atoms with Crippen molar-refractivity contribution >= 4 is 0 Å². The maximum Gasteiger partial charge on any atom is 0.130 e. The van der Waals surface area contributed by atoms with Crippen LogP contribution in [0.1, 0.15) is 31.4 Å². The number of piperidine rings is 1. The summed E-state index contributed by atoms with van der Waals surface area (Å²) in [5, 5.41) is 3.44. The average Bonchev–Trinajstić information content (AvgIpc) is 2.76. The van der Waals surface area contributed by atoms with Crippen molar-refractivity contribution in [3.05, 3.63) is 35.4 Å². The van der Waals surface area contributed by atoms with Crippen LogP contribution in [-0.2, 0) is 0 Å². The van der Waals surface area contributed by atoms with Crippen molar-refractivity contribution in [2.75, 3.05) is 19.6 Å². The molecule has 1 aromatic rings. The van der Waals surface area contributed by atoms with Crippen LogP contribution in [0.5, 0.6) is 0 Å². The predicted octanol–water partition coefficient (Wildman–Crippen LogP) is 2.71. The quantitative estimate of drug-likeness (QED) is 0.905. The molecule has 4 atom stereocenters. The van der Waals surface area contributed by atoms with Crippen LogP contribution < -0.4 is 5.32 Å². The van der Waals surface area contributed by atoms with Crippen molar-refractivity contribution in [2.45, 2.75) is 31.8 Å². The smallest absolute Gasteiger partial charge is 0.130 e. The Labute approximate surface area is 112 Å². The van der Waals surface area contributed by atoms with Crippen molar-refractivity contribution in [3.8, 4) is 0 Å². The zero-order valence-corrected chi connectivity index (χ0v) is 11.2. The first-order valence-electron chi connectivity index (χ1n) is 7.07. The van der Waals surface area contributed by atoms with Crippen LogP contribution in [0.2, 0.25) is 0 Å². The topological polar surface area (TPSA) is 15.3 Å². The monoisotopic (exact) mass is 266 g/mol. The molecule has 104 valence electrons. The summed E-state index contributed by atoms with van der Waals surface area (Å²) >= 11 is 0. The van der Waals surface area contributed by atoms with E-state index in [1.54, 1.807) is 0 Å². The SMILES string of the molecule is CC(NC1CCN2CCC1C2)c1c(F)cccc1F. The van der Waals surface area contributed by atoms with E-state index >= 15 is 0 Å². The first-order chi connectivity index (χ1) is 9.15. The van der Waals surface area contributed by atoms with Crippen LogP contribution in [-0.4, -0.2) is 30.6 Å². The summed E-state index contributed by atoms with van der Waals surface area (Å²) in [4.78, 5) is 2.47. The molecule has 2 bridgehead atoms.